The largest absolute Gasteiger partial charge is 0.497 e. The Hall–Kier alpha value is -3.57. The van der Waals surface area contributed by atoms with Gasteiger partial charge >= 0.3 is 0 Å². The molecule has 7 nitrogen and oxygen atoms in total. The van der Waals surface area contributed by atoms with Crippen LogP contribution in [0.2, 0.25) is 0 Å². The van der Waals surface area contributed by atoms with Gasteiger partial charge in [0, 0.05) is 0 Å². The van der Waals surface area contributed by atoms with Crippen LogP contribution in [-0.4, -0.2) is 17.8 Å². The Morgan fingerprint density at radius 3 is 2.52 bits per heavy atom. The van der Waals surface area contributed by atoms with Crippen molar-refractivity contribution in [3.8, 4) is 11.8 Å². The van der Waals surface area contributed by atoms with E-state index in [2.05, 4.69) is 31.8 Å². The molecule has 0 saturated heterocycles. The van der Waals surface area contributed by atoms with Crippen LogP contribution in [-0.2, 0) is 0 Å². The number of azo groups is 1. The Balaban J connectivity index is 1.77. The summed E-state index contributed by atoms with van der Waals surface area (Å²) in [6.07, 6.45) is 0. The summed E-state index contributed by atoms with van der Waals surface area (Å²) >= 11 is 1.27. The molecule has 1 aromatic heterocycles. The lowest BCUT2D eigenvalue weighted by molar-refractivity contribution is 0.415. The zero-order valence-corrected chi connectivity index (χ0v) is 15.6. The van der Waals surface area contributed by atoms with E-state index in [0.717, 1.165) is 17.1 Å². The van der Waals surface area contributed by atoms with Gasteiger partial charge in [-0.25, -0.2) is 4.98 Å². The monoisotopic (exact) mass is 376 g/mol. The molecule has 0 saturated carbocycles. The van der Waals surface area contributed by atoms with Crippen molar-refractivity contribution in [2.24, 2.45) is 15.3 Å². The van der Waals surface area contributed by atoms with Crippen molar-refractivity contribution in [3.63, 3.8) is 0 Å². The van der Waals surface area contributed by atoms with Gasteiger partial charge in [0.15, 0.2) is 15.7 Å². The molecule has 0 aliphatic heterocycles. The number of benzene rings is 2. The molecule has 0 radical (unpaired) electrons. The van der Waals surface area contributed by atoms with E-state index in [1.54, 1.807) is 19.2 Å². The standard InChI is InChI=1S/C19H16N6OS/c1-13-18(25-23-14-6-4-3-5-7-14)27-19(21-13)17(12-20)24-22-15-8-10-16(26-2)11-9-15/h3-11,22H,1-2H3. The second kappa shape index (κ2) is 8.69. The summed E-state index contributed by atoms with van der Waals surface area (Å²) in [5.74, 6) is 0.744. The maximum Gasteiger partial charge on any atom is 0.196 e. The lowest BCUT2D eigenvalue weighted by Gasteiger charge is -2.02. The van der Waals surface area contributed by atoms with Gasteiger partial charge in [-0.1, -0.05) is 29.5 Å². The fraction of sp³-hybridized carbons (Fsp3) is 0.105. The van der Waals surface area contributed by atoms with E-state index in [9.17, 15) is 5.26 Å². The molecule has 8 heteroatoms. The van der Waals surface area contributed by atoms with Crippen molar-refractivity contribution in [1.82, 2.24) is 4.98 Å². The normalized spacial score (nSPS) is 11.4. The molecule has 0 fully saturated rings. The topological polar surface area (TPSA) is 95.0 Å². The molecule has 3 rings (SSSR count). The summed E-state index contributed by atoms with van der Waals surface area (Å²) in [6, 6.07) is 18.7. The van der Waals surface area contributed by atoms with Crippen LogP contribution < -0.4 is 10.2 Å². The molecule has 0 aliphatic carbocycles. The third-order valence-corrected chi connectivity index (χ3v) is 4.53. The van der Waals surface area contributed by atoms with Crippen LogP contribution in [0.3, 0.4) is 0 Å². The second-order valence-electron chi connectivity index (χ2n) is 5.36. The number of nitriles is 1. The minimum absolute atomic E-state index is 0.181. The van der Waals surface area contributed by atoms with Crippen molar-refractivity contribution in [2.75, 3.05) is 12.5 Å². The summed E-state index contributed by atoms with van der Waals surface area (Å²) in [5, 5.41) is 23.1. The first-order valence-electron chi connectivity index (χ1n) is 8.02. The highest BCUT2D eigenvalue weighted by Gasteiger charge is 2.13. The number of ether oxygens (including phenoxy) is 1. The average molecular weight is 376 g/mol. The molecule has 0 atom stereocenters. The smallest absolute Gasteiger partial charge is 0.196 e. The van der Waals surface area contributed by atoms with Crippen molar-refractivity contribution in [2.45, 2.75) is 6.92 Å². The van der Waals surface area contributed by atoms with E-state index < -0.39 is 0 Å². The Morgan fingerprint density at radius 1 is 1.11 bits per heavy atom. The predicted molar refractivity (Wildman–Crippen MR) is 106 cm³/mol. The van der Waals surface area contributed by atoms with Crippen LogP contribution in [0.15, 0.2) is 69.9 Å². The lowest BCUT2D eigenvalue weighted by Crippen LogP contribution is -2.01. The van der Waals surface area contributed by atoms with Gasteiger partial charge in [-0.2, -0.15) is 10.4 Å². The Kier molecular flexibility index (Phi) is 5.87. The first kappa shape index (κ1) is 18.2. The minimum atomic E-state index is 0.181. The van der Waals surface area contributed by atoms with E-state index in [4.69, 9.17) is 4.74 Å². The van der Waals surface area contributed by atoms with Gasteiger partial charge in [0.25, 0.3) is 0 Å². The number of thiazole rings is 1. The summed E-state index contributed by atoms with van der Waals surface area (Å²) < 4.78 is 5.11. The highest BCUT2D eigenvalue weighted by atomic mass is 32.1. The number of rotatable bonds is 6. The maximum absolute atomic E-state index is 9.42. The summed E-state index contributed by atoms with van der Waals surface area (Å²) in [4.78, 5) is 4.39. The molecule has 0 spiro atoms. The van der Waals surface area contributed by atoms with Gasteiger partial charge in [0.05, 0.1) is 24.2 Å². The van der Waals surface area contributed by atoms with Crippen LogP contribution in [0.1, 0.15) is 10.7 Å². The fourth-order valence-corrected chi connectivity index (χ4v) is 2.92. The number of methoxy groups -OCH3 is 1. The minimum Gasteiger partial charge on any atom is -0.497 e. The molecule has 0 bridgehead atoms. The van der Waals surface area contributed by atoms with Crippen LogP contribution in [0.5, 0.6) is 5.75 Å². The highest BCUT2D eigenvalue weighted by Crippen LogP contribution is 2.29. The van der Waals surface area contributed by atoms with Gasteiger partial charge in [-0.3, -0.25) is 5.43 Å². The van der Waals surface area contributed by atoms with Crippen LogP contribution in [0.4, 0.5) is 16.4 Å². The van der Waals surface area contributed by atoms with E-state index in [-0.39, 0.29) is 5.71 Å². The summed E-state index contributed by atoms with van der Waals surface area (Å²) in [7, 11) is 1.60. The number of hydrogen-bond acceptors (Lipinski definition) is 8. The first-order chi connectivity index (χ1) is 13.2. The van der Waals surface area contributed by atoms with E-state index in [1.807, 2.05) is 49.4 Å². The highest BCUT2D eigenvalue weighted by molar-refractivity contribution is 7.17. The molecule has 1 heterocycles. The van der Waals surface area contributed by atoms with Crippen LogP contribution >= 0.6 is 11.3 Å². The van der Waals surface area contributed by atoms with Crippen LogP contribution in [0.25, 0.3) is 0 Å². The van der Waals surface area contributed by atoms with Gasteiger partial charge < -0.3 is 4.74 Å². The zero-order chi connectivity index (χ0) is 19.1. The number of nitrogens with zero attached hydrogens (tertiary/aromatic N) is 5. The molecule has 1 N–H and O–H groups in total. The SMILES string of the molecule is COc1ccc(NN=C(C#N)c2nc(C)c(N=Nc3ccccc3)s2)cc1. The van der Waals surface area contributed by atoms with Crippen molar-refractivity contribution < 1.29 is 4.74 Å². The second-order valence-corrected chi connectivity index (χ2v) is 6.34. The maximum atomic E-state index is 9.42. The van der Waals surface area contributed by atoms with Crippen molar-refractivity contribution in [1.29, 1.82) is 5.26 Å². The quantitative estimate of drug-likeness (QED) is 0.363. The molecular formula is C19H16N6OS. The van der Waals surface area contributed by atoms with E-state index >= 15 is 0 Å². The third-order valence-electron chi connectivity index (χ3n) is 3.48. The molecule has 134 valence electrons. The lowest BCUT2D eigenvalue weighted by atomic mass is 10.3. The summed E-state index contributed by atoms with van der Waals surface area (Å²) in [6.45, 7) is 1.82. The number of anilines is 1. The van der Waals surface area contributed by atoms with E-state index in [0.29, 0.717) is 15.7 Å². The van der Waals surface area contributed by atoms with Crippen molar-refractivity contribution in [3.05, 3.63) is 65.3 Å². The molecular weight excluding hydrogens is 360 g/mol. The molecule has 0 amide bonds. The van der Waals surface area contributed by atoms with Gasteiger partial charge in [0.1, 0.15) is 11.8 Å². The van der Waals surface area contributed by atoms with Gasteiger partial charge in [-0.05, 0) is 43.3 Å². The zero-order valence-electron chi connectivity index (χ0n) is 14.7. The third kappa shape index (κ3) is 4.74. The number of hydrogen-bond donors (Lipinski definition) is 1. The fourth-order valence-electron chi connectivity index (χ4n) is 2.09. The summed E-state index contributed by atoms with van der Waals surface area (Å²) in [5.41, 5.74) is 5.22. The number of hydrazone groups is 1. The van der Waals surface area contributed by atoms with Gasteiger partial charge in [0.2, 0.25) is 0 Å². The average Bonchev–Trinajstić information content (AvgIpc) is 3.08. The molecule has 3 aromatic rings. The Labute approximate surface area is 160 Å². The predicted octanol–water partition coefficient (Wildman–Crippen LogP) is 5.22. The molecule has 0 aliphatic rings. The number of nitrogens with one attached hydrogen (secondary N) is 1. The van der Waals surface area contributed by atoms with Gasteiger partial charge in [-0.15, -0.1) is 10.2 Å². The van der Waals surface area contributed by atoms with Crippen molar-refractivity contribution >= 4 is 33.4 Å². The molecule has 27 heavy (non-hydrogen) atoms. The number of aromatic nitrogens is 1. The van der Waals surface area contributed by atoms with E-state index in [1.165, 1.54) is 11.3 Å². The first-order valence-corrected chi connectivity index (χ1v) is 8.83. The number of aryl methyl sites for hydroxylation is 1. The Morgan fingerprint density at radius 2 is 1.85 bits per heavy atom. The molecule has 0 unspecified atom stereocenters. The molecule has 2 aromatic carbocycles. The van der Waals surface area contributed by atoms with Crippen LogP contribution in [0, 0.1) is 18.3 Å². The Bertz CT molecular complexity index is 1000.